The molecule has 0 bridgehead atoms. The second kappa shape index (κ2) is 14.5. The summed E-state index contributed by atoms with van der Waals surface area (Å²) >= 11 is 0. The van der Waals surface area contributed by atoms with Gasteiger partial charge in [0, 0.05) is 19.0 Å². The quantitative estimate of drug-likeness (QED) is 0.308. The summed E-state index contributed by atoms with van der Waals surface area (Å²) < 4.78 is 37.8. The van der Waals surface area contributed by atoms with Crippen LogP contribution >= 0.6 is 0 Å². The molecule has 0 saturated carbocycles. The van der Waals surface area contributed by atoms with Crippen LogP contribution in [0.25, 0.3) is 0 Å². The summed E-state index contributed by atoms with van der Waals surface area (Å²) in [4.78, 5) is 29.4. The summed E-state index contributed by atoms with van der Waals surface area (Å²) in [6, 6.07) is 22.2. The third-order valence-electron chi connectivity index (χ3n) is 6.79. The van der Waals surface area contributed by atoms with Crippen LogP contribution in [0.15, 0.2) is 78.9 Å². The van der Waals surface area contributed by atoms with Gasteiger partial charge in [0.05, 0.1) is 26.2 Å². The molecule has 3 aromatic carbocycles. The first-order valence-corrected chi connectivity index (χ1v) is 15.3. The standard InChI is InChI=1S/C31H39N3O6S/c1-6-23(2)32-31(36)28(20-24-13-8-7-9-14-24)33(21-25-15-12-16-26(19-25)39-3)30(35)22-34(41(5,37)38)27-17-10-11-18-29(27)40-4/h7-19,23,28H,6,20-22H2,1-5H3,(H,32,36)/t23-,28-/m0/s1. The molecule has 0 aliphatic carbocycles. The molecule has 3 rings (SSSR count). The largest absolute Gasteiger partial charge is 0.497 e. The smallest absolute Gasteiger partial charge is 0.244 e. The summed E-state index contributed by atoms with van der Waals surface area (Å²) in [6.07, 6.45) is 1.99. The molecule has 0 unspecified atom stereocenters. The maximum atomic E-state index is 14.2. The molecule has 0 saturated heterocycles. The molecular weight excluding hydrogens is 542 g/mol. The Balaban J connectivity index is 2.09. The van der Waals surface area contributed by atoms with Crippen LogP contribution in [0, 0.1) is 0 Å². The average Bonchev–Trinajstić information content (AvgIpc) is 2.97. The number of hydrogen-bond donors (Lipinski definition) is 1. The molecule has 0 spiro atoms. The van der Waals surface area contributed by atoms with Gasteiger partial charge in [0.25, 0.3) is 0 Å². The van der Waals surface area contributed by atoms with Crippen molar-refractivity contribution in [3.8, 4) is 11.5 Å². The van der Waals surface area contributed by atoms with Gasteiger partial charge in [-0.1, -0.05) is 61.5 Å². The Bertz CT molecular complexity index is 1410. The van der Waals surface area contributed by atoms with E-state index < -0.39 is 28.5 Å². The lowest BCUT2D eigenvalue weighted by Gasteiger charge is -2.34. The first-order chi connectivity index (χ1) is 19.6. The maximum absolute atomic E-state index is 14.2. The molecule has 1 N–H and O–H groups in total. The van der Waals surface area contributed by atoms with E-state index >= 15 is 0 Å². The van der Waals surface area contributed by atoms with Crippen LogP contribution in [0.2, 0.25) is 0 Å². The fourth-order valence-corrected chi connectivity index (χ4v) is 5.25. The van der Waals surface area contributed by atoms with Gasteiger partial charge in [-0.3, -0.25) is 13.9 Å². The number of benzene rings is 3. The van der Waals surface area contributed by atoms with E-state index in [2.05, 4.69) is 5.32 Å². The van der Waals surface area contributed by atoms with Gasteiger partial charge in [-0.05, 0) is 48.7 Å². The lowest BCUT2D eigenvalue weighted by molar-refractivity contribution is -0.140. The van der Waals surface area contributed by atoms with E-state index in [4.69, 9.17) is 9.47 Å². The third kappa shape index (κ3) is 8.72. The number of carbonyl (C=O) groups excluding carboxylic acids is 2. The van der Waals surface area contributed by atoms with Gasteiger partial charge in [0.1, 0.15) is 24.1 Å². The van der Waals surface area contributed by atoms with Gasteiger partial charge < -0.3 is 19.7 Å². The number of amides is 2. The van der Waals surface area contributed by atoms with Crippen LogP contribution in [0.4, 0.5) is 5.69 Å². The molecule has 0 aliphatic heterocycles. The minimum Gasteiger partial charge on any atom is -0.497 e. The Hall–Kier alpha value is -4.05. The van der Waals surface area contributed by atoms with E-state index in [1.54, 1.807) is 49.6 Å². The lowest BCUT2D eigenvalue weighted by atomic mass is 10.0. The number of rotatable bonds is 14. The summed E-state index contributed by atoms with van der Waals surface area (Å²) in [7, 11) is -0.917. The molecule has 0 fully saturated rings. The summed E-state index contributed by atoms with van der Waals surface area (Å²) in [5, 5.41) is 3.02. The molecule has 10 heteroatoms. The Kier molecular flexibility index (Phi) is 11.2. The highest BCUT2D eigenvalue weighted by molar-refractivity contribution is 7.92. The van der Waals surface area contributed by atoms with Gasteiger partial charge in [-0.15, -0.1) is 0 Å². The van der Waals surface area contributed by atoms with Gasteiger partial charge in [0.2, 0.25) is 21.8 Å². The lowest BCUT2D eigenvalue weighted by Crippen LogP contribution is -2.54. The number of hydrogen-bond acceptors (Lipinski definition) is 6. The Morgan fingerprint density at radius 1 is 0.902 bits per heavy atom. The van der Waals surface area contributed by atoms with Crippen molar-refractivity contribution in [1.29, 1.82) is 0 Å². The number of methoxy groups -OCH3 is 2. The molecule has 9 nitrogen and oxygen atoms in total. The Morgan fingerprint density at radius 3 is 2.20 bits per heavy atom. The van der Waals surface area contributed by atoms with Crippen molar-refractivity contribution in [3.63, 3.8) is 0 Å². The fraction of sp³-hybridized carbons (Fsp3) is 0.355. The zero-order valence-corrected chi connectivity index (χ0v) is 25.1. The number of anilines is 1. The van der Waals surface area contributed by atoms with Crippen LogP contribution in [0.3, 0.4) is 0 Å². The number of nitrogens with one attached hydrogen (secondary N) is 1. The van der Waals surface area contributed by atoms with Crippen molar-refractivity contribution >= 4 is 27.5 Å². The second-order valence-electron chi connectivity index (χ2n) is 9.84. The number of para-hydroxylation sites is 2. The van der Waals surface area contributed by atoms with Crippen molar-refractivity contribution in [2.45, 2.75) is 45.3 Å². The van der Waals surface area contributed by atoms with Crippen LogP contribution in [0.1, 0.15) is 31.4 Å². The van der Waals surface area contributed by atoms with Gasteiger partial charge in [-0.25, -0.2) is 8.42 Å². The van der Waals surface area contributed by atoms with E-state index in [0.29, 0.717) is 17.9 Å². The van der Waals surface area contributed by atoms with Crippen LogP contribution in [-0.4, -0.2) is 64.2 Å². The molecule has 0 aromatic heterocycles. The van der Waals surface area contributed by atoms with Crippen molar-refractivity contribution in [2.24, 2.45) is 0 Å². The van der Waals surface area contributed by atoms with Crippen molar-refractivity contribution in [1.82, 2.24) is 10.2 Å². The molecule has 220 valence electrons. The predicted molar refractivity (Wildman–Crippen MR) is 161 cm³/mol. The molecule has 2 amide bonds. The zero-order chi connectivity index (χ0) is 30.0. The van der Waals surface area contributed by atoms with E-state index in [0.717, 1.165) is 21.7 Å². The normalized spacial score (nSPS) is 12.6. The molecule has 41 heavy (non-hydrogen) atoms. The summed E-state index contributed by atoms with van der Waals surface area (Å²) in [6.45, 7) is 3.41. The molecule has 0 heterocycles. The molecule has 3 aromatic rings. The van der Waals surface area contributed by atoms with E-state index in [9.17, 15) is 18.0 Å². The minimum absolute atomic E-state index is 0.0605. The molecule has 0 radical (unpaired) electrons. The zero-order valence-electron chi connectivity index (χ0n) is 24.2. The third-order valence-corrected chi connectivity index (χ3v) is 7.92. The minimum atomic E-state index is -3.91. The summed E-state index contributed by atoms with van der Waals surface area (Å²) in [5.74, 6) is 0.0535. The predicted octanol–water partition coefficient (Wildman–Crippen LogP) is 4.02. The first-order valence-electron chi connectivity index (χ1n) is 13.4. The molecule has 0 aliphatic rings. The monoisotopic (exact) mass is 581 g/mol. The molecule has 2 atom stereocenters. The SMILES string of the molecule is CC[C@H](C)NC(=O)[C@H](Cc1ccccc1)N(Cc1cccc(OC)c1)C(=O)CN(c1ccccc1OC)S(C)(=O)=O. The van der Waals surface area contributed by atoms with Crippen LogP contribution in [0.5, 0.6) is 11.5 Å². The maximum Gasteiger partial charge on any atom is 0.244 e. The Morgan fingerprint density at radius 2 is 1.56 bits per heavy atom. The molecular formula is C31H39N3O6S. The highest BCUT2D eigenvalue weighted by Crippen LogP contribution is 2.30. The van der Waals surface area contributed by atoms with Gasteiger partial charge in [0.15, 0.2) is 0 Å². The van der Waals surface area contributed by atoms with Gasteiger partial charge in [-0.2, -0.15) is 0 Å². The fourth-order valence-electron chi connectivity index (χ4n) is 4.39. The number of sulfonamides is 1. The van der Waals surface area contributed by atoms with Gasteiger partial charge >= 0.3 is 0 Å². The number of ether oxygens (including phenoxy) is 2. The number of carbonyl (C=O) groups is 2. The van der Waals surface area contributed by atoms with E-state index in [1.165, 1.54) is 12.0 Å². The van der Waals surface area contributed by atoms with Crippen LogP contribution < -0.4 is 19.1 Å². The van der Waals surface area contributed by atoms with Crippen molar-refractivity contribution < 1.29 is 27.5 Å². The van der Waals surface area contributed by atoms with Crippen molar-refractivity contribution in [3.05, 3.63) is 90.0 Å². The topological polar surface area (TPSA) is 105 Å². The second-order valence-corrected chi connectivity index (χ2v) is 11.7. The number of nitrogens with zero attached hydrogens (tertiary/aromatic N) is 2. The van der Waals surface area contributed by atoms with E-state index in [1.807, 2.05) is 50.2 Å². The highest BCUT2D eigenvalue weighted by Gasteiger charge is 2.34. The van der Waals surface area contributed by atoms with Crippen molar-refractivity contribution in [2.75, 3.05) is 31.3 Å². The average molecular weight is 582 g/mol. The van der Waals surface area contributed by atoms with Crippen LogP contribution in [-0.2, 0) is 32.6 Å². The first kappa shape index (κ1) is 31.5. The van der Waals surface area contributed by atoms with E-state index in [-0.39, 0.29) is 30.6 Å². The Labute approximate surface area is 243 Å². The summed E-state index contributed by atoms with van der Waals surface area (Å²) in [5.41, 5.74) is 1.83. The highest BCUT2D eigenvalue weighted by atomic mass is 32.2.